The topological polar surface area (TPSA) is 95.8 Å². The molecule has 2 aromatic heterocycles. The van der Waals surface area contributed by atoms with Crippen LogP contribution >= 0.6 is 0 Å². The number of hydrogen-bond acceptors (Lipinski definition) is 6. The number of ether oxygens (including phenoxy) is 1. The van der Waals surface area contributed by atoms with Crippen molar-refractivity contribution in [1.29, 1.82) is 0 Å². The number of carboxylic acid groups (broad SMARTS) is 1. The van der Waals surface area contributed by atoms with Crippen molar-refractivity contribution in [3.05, 3.63) is 35.5 Å². The van der Waals surface area contributed by atoms with Crippen LogP contribution in [0, 0.1) is 24.2 Å². The number of aryl methyl sites for hydroxylation is 1. The molecule has 3 rings (SSSR count). The van der Waals surface area contributed by atoms with Crippen LogP contribution in [0.5, 0.6) is 5.88 Å². The minimum absolute atomic E-state index is 0.126. The zero-order valence-corrected chi connectivity index (χ0v) is 23.0. The maximum Gasteiger partial charge on any atom is 0.307 e. The van der Waals surface area contributed by atoms with Crippen molar-refractivity contribution < 1.29 is 24.1 Å². The summed E-state index contributed by atoms with van der Waals surface area (Å²) in [6.45, 7) is 17.6. The van der Waals surface area contributed by atoms with Gasteiger partial charge in [-0.2, -0.15) is 9.37 Å². The summed E-state index contributed by atoms with van der Waals surface area (Å²) in [4.78, 5) is 22.4. The number of aliphatic hydroxyl groups is 1. The van der Waals surface area contributed by atoms with Crippen molar-refractivity contribution >= 4 is 11.7 Å². The number of halogens is 1. The van der Waals surface area contributed by atoms with E-state index in [1.54, 1.807) is 33.0 Å². The number of carboxylic acids is 1. The first kappa shape index (κ1) is 29.5. The average Bonchev–Trinajstić information content (AvgIpc) is 2.73. The van der Waals surface area contributed by atoms with Crippen molar-refractivity contribution in [2.45, 2.75) is 80.3 Å². The van der Waals surface area contributed by atoms with Crippen LogP contribution in [0.15, 0.2) is 18.3 Å². The number of piperidine rings is 1. The monoisotopic (exact) mass is 503 g/mol. The highest BCUT2D eigenvalue weighted by Gasteiger charge is 2.30. The summed E-state index contributed by atoms with van der Waals surface area (Å²) >= 11 is 0. The fraction of sp³-hybridized carbons (Fsp3) is 0.607. The minimum Gasteiger partial charge on any atom is -0.481 e. The third kappa shape index (κ3) is 9.04. The highest BCUT2D eigenvalue weighted by Crippen LogP contribution is 2.42. The van der Waals surface area contributed by atoms with Gasteiger partial charge in [0.15, 0.2) is 0 Å². The van der Waals surface area contributed by atoms with Crippen molar-refractivity contribution in [2.75, 3.05) is 24.6 Å². The molecule has 0 radical (unpaired) electrons. The van der Waals surface area contributed by atoms with Gasteiger partial charge in [0.05, 0.1) is 24.3 Å². The van der Waals surface area contributed by atoms with Gasteiger partial charge in [0.1, 0.15) is 0 Å². The number of nitrogens with zero attached hydrogens (tertiary/aromatic N) is 3. The van der Waals surface area contributed by atoms with Crippen molar-refractivity contribution in [3.63, 3.8) is 0 Å². The number of pyridine rings is 2. The second-order valence-electron chi connectivity index (χ2n) is 11.7. The Balaban J connectivity index is 0.000000830. The summed E-state index contributed by atoms with van der Waals surface area (Å²) in [5, 5.41) is 18.1. The van der Waals surface area contributed by atoms with Crippen LogP contribution in [0.2, 0.25) is 0 Å². The molecule has 0 aliphatic carbocycles. The smallest absolute Gasteiger partial charge is 0.307 e. The molecule has 1 fully saturated rings. The van der Waals surface area contributed by atoms with Crippen LogP contribution in [0.25, 0.3) is 11.1 Å². The molecule has 0 spiro atoms. The number of hydrogen-bond donors (Lipinski definition) is 2. The van der Waals surface area contributed by atoms with E-state index >= 15 is 0 Å². The van der Waals surface area contributed by atoms with E-state index < -0.39 is 17.5 Å². The number of carbonyl (C=O) groups is 1. The summed E-state index contributed by atoms with van der Waals surface area (Å²) < 4.78 is 19.8. The molecule has 36 heavy (non-hydrogen) atoms. The Kier molecular flexibility index (Phi) is 9.83. The van der Waals surface area contributed by atoms with Crippen LogP contribution in [0.1, 0.15) is 72.6 Å². The Morgan fingerprint density at radius 3 is 2.31 bits per heavy atom. The predicted molar refractivity (Wildman–Crippen MR) is 141 cm³/mol. The highest BCUT2D eigenvalue weighted by molar-refractivity contribution is 5.86. The molecule has 0 bridgehead atoms. The normalized spacial score (nSPS) is 15.4. The van der Waals surface area contributed by atoms with Gasteiger partial charge < -0.3 is 19.8 Å². The first-order chi connectivity index (χ1) is 16.6. The van der Waals surface area contributed by atoms with E-state index in [-0.39, 0.29) is 23.6 Å². The second-order valence-corrected chi connectivity index (χ2v) is 11.7. The average molecular weight is 504 g/mol. The lowest BCUT2D eigenvalue weighted by Gasteiger charge is -2.40. The number of aromatic nitrogens is 2. The van der Waals surface area contributed by atoms with E-state index in [2.05, 4.69) is 28.7 Å². The molecule has 7 nitrogen and oxygen atoms in total. The molecule has 0 saturated carbocycles. The van der Waals surface area contributed by atoms with Gasteiger partial charge in [0.25, 0.3) is 0 Å². The maximum absolute atomic E-state index is 13.9. The molecule has 0 unspecified atom stereocenters. The Hall–Kier alpha value is -2.74. The van der Waals surface area contributed by atoms with Crippen LogP contribution < -0.4 is 9.64 Å². The molecule has 2 N–H and O–H groups in total. The first-order valence-electron chi connectivity index (χ1n) is 12.5. The SMILES string of the molecule is CC(C)(C)O.Cc1ncc(-c2ccc(F)nc2OCC(C)C)c(N2CCC(C)(C)CC2)c1CC(=O)O. The van der Waals surface area contributed by atoms with Gasteiger partial charge in [0, 0.05) is 41.7 Å². The van der Waals surface area contributed by atoms with Gasteiger partial charge in [-0.3, -0.25) is 9.78 Å². The van der Waals surface area contributed by atoms with Crippen molar-refractivity contribution in [2.24, 2.45) is 11.3 Å². The fourth-order valence-corrected chi connectivity index (χ4v) is 3.87. The summed E-state index contributed by atoms with van der Waals surface area (Å²) in [7, 11) is 0. The van der Waals surface area contributed by atoms with E-state index in [0.717, 1.165) is 37.2 Å². The standard InChI is InChI=1S/C24H32FN3O3.C4H10O/c1-15(2)14-31-23-17(6-7-20(25)27-23)19-13-26-16(3)18(12-21(29)30)22(19)28-10-8-24(4,5)9-11-28;1-4(2,3)5/h6-7,13,15H,8-12,14H2,1-5H3,(H,29,30);5H,1-3H3. The van der Waals surface area contributed by atoms with Gasteiger partial charge >= 0.3 is 5.97 Å². The van der Waals surface area contributed by atoms with Crippen molar-refractivity contribution in [3.8, 4) is 17.0 Å². The lowest BCUT2D eigenvalue weighted by molar-refractivity contribution is -0.136. The summed E-state index contributed by atoms with van der Waals surface area (Å²) in [6.07, 6.45) is 3.60. The number of aliphatic carboxylic acids is 1. The molecule has 0 aromatic carbocycles. The number of rotatable bonds is 7. The Morgan fingerprint density at radius 2 is 1.78 bits per heavy atom. The van der Waals surface area contributed by atoms with Crippen LogP contribution in [0.4, 0.5) is 10.1 Å². The van der Waals surface area contributed by atoms with Crippen LogP contribution in [0.3, 0.4) is 0 Å². The minimum atomic E-state index is -0.908. The zero-order chi connectivity index (χ0) is 27.3. The van der Waals surface area contributed by atoms with E-state index in [1.807, 2.05) is 20.8 Å². The highest BCUT2D eigenvalue weighted by atomic mass is 19.1. The molecular weight excluding hydrogens is 461 g/mol. The third-order valence-electron chi connectivity index (χ3n) is 5.80. The Labute approximate surface area is 214 Å². The molecule has 2 aromatic rings. The zero-order valence-electron chi connectivity index (χ0n) is 23.0. The molecule has 1 aliphatic heterocycles. The molecular formula is C28H42FN3O4. The molecule has 1 saturated heterocycles. The van der Waals surface area contributed by atoms with Gasteiger partial charge in [0.2, 0.25) is 11.8 Å². The molecule has 200 valence electrons. The molecule has 1 aliphatic rings. The third-order valence-corrected chi connectivity index (χ3v) is 5.80. The van der Waals surface area contributed by atoms with Gasteiger partial charge in [-0.1, -0.05) is 27.7 Å². The molecule has 3 heterocycles. The fourth-order valence-electron chi connectivity index (χ4n) is 3.87. The summed E-state index contributed by atoms with van der Waals surface area (Å²) in [6, 6.07) is 2.95. The largest absolute Gasteiger partial charge is 0.481 e. The summed E-state index contributed by atoms with van der Waals surface area (Å²) in [5.74, 6) is -1.07. The lowest BCUT2D eigenvalue weighted by atomic mass is 9.82. The maximum atomic E-state index is 13.9. The van der Waals surface area contributed by atoms with E-state index in [9.17, 15) is 14.3 Å². The first-order valence-corrected chi connectivity index (χ1v) is 12.5. The van der Waals surface area contributed by atoms with Crippen LogP contribution in [-0.2, 0) is 11.2 Å². The molecule has 8 heteroatoms. The van der Waals surface area contributed by atoms with E-state index in [1.165, 1.54) is 6.07 Å². The number of anilines is 1. The van der Waals surface area contributed by atoms with Gasteiger partial charge in [-0.25, -0.2) is 0 Å². The van der Waals surface area contributed by atoms with E-state index in [0.29, 0.717) is 23.4 Å². The lowest BCUT2D eigenvalue weighted by Crippen LogP contribution is -2.38. The Bertz CT molecular complexity index is 1030. The second kappa shape index (κ2) is 12.0. The Morgan fingerprint density at radius 1 is 1.19 bits per heavy atom. The van der Waals surface area contributed by atoms with Crippen LogP contribution in [-0.4, -0.2) is 51.4 Å². The predicted octanol–water partition coefficient (Wildman–Crippen LogP) is 5.66. The van der Waals surface area contributed by atoms with Crippen molar-refractivity contribution in [1.82, 2.24) is 9.97 Å². The molecule has 0 amide bonds. The molecule has 0 atom stereocenters. The summed E-state index contributed by atoms with van der Waals surface area (Å²) in [5.41, 5.74) is 3.31. The van der Waals surface area contributed by atoms with E-state index in [4.69, 9.17) is 9.84 Å². The quantitative estimate of drug-likeness (QED) is 0.471. The van der Waals surface area contributed by atoms with Gasteiger partial charge in [-0.15, -0.1) is 0 Å². The van der Waals surface area contributed by atoms with Gasteiger partial charge in [-0.05, 0) is 64.0 Å².